The standard InChI is InChI=1S/C35H31F3N6O3/c1-23(45)41-32-20-33(40-22-39-32)47-27-11-12-28-25(18-27)8-5-9-29(28)34(46)42-26-10-13-31(30(19-26)35(36,37)38)44-16-14-43(15-17-44)21-24-6-3-2-4-7-24/h2-13,18-20,22H,14-17,21H2,1H3,(H,42,46)(H,39,40,41,45). The molecule has 0 bridgehead atoms. The number of rotatable bonds is 8. The number of aromatic nitrogens is 2. The summed E-state index contributed by atoms with van der Waals surface area (Å²) < 4.78 is 48.7. The molecule has 0 radical (unpaired) electrons. The maximum Gasteiger partial charge on any atom is 0.418 e. The largest absolute Gasteiger partial charge is 0.439 e. The van der Waals surface area contributed by atoms with Gasteiger partial charge in [-0.05, 0) is 58.8 Å². The fourth-order valence-corrected chi connectivity index (χ4v) is 5.59. The first-order valence-corrected chi connectivity index (χ1v) is 15.0. The van der Waals surface area contributed by atoms with Crippen LogP contribution in [-0.4, -0.2) is 52.9 Å². The molecule has 1 aliphatic rings. The summed E-state index contributed by atoms with van der Waals surface area (Å²) in [6.07, 6.45) is -3.35. The van der Waals surface area contributed by atoms with Crippen molar-refractivity contribution in [2.75, 3.05) is 41.7 Å². The Hall–Kier alpha value is -5.49. The van der Waals surface area contributed by atoms with E-state index >= 15 is 0 Å². The molecule has 1 aliphatic heterocycles. The molecular formula is C35H31F3N6O3. The van der Waals surface area contributed by atoms with Gasteiger partial charge in [-0.3, -0.25) is 14.5 Å². The van der Waals surface area contributed by atoms with Gasteiger partial charge in [-0.25, -0.2) is 9.97 Å². The number of nitrogens with zero attached hydrogens (tertiary/aromatic N) is 4. The number of alkyl halides is 3. The fourth-order valence-electron chi connectivity index (χ4n) is 5.59. The van der Waals surface area contributed by atoms with Gasteiger partial charge in [0.25, 0.3) is 5.91 Å². The number of ether oxygens (including phenoxy) is 1. The van der Waals surface area contributed by atoms with Gasteiger partial charge in [-0.1, -0.05) is 42.5 Å². The van der Waals surface area contributed by atoms with Crippen molar-refractivity contribution in [3.63, 3.8) is 0 Å². The molecular weight excluding hydrogens is 609 g/mol. The van der Waals surface area contributed by atoms with Gasteiger partial charge < -0.3 is 20.3 Å². The molecule has 6 rings (SSSR count). The number of benzene rings is 4. The Morgan fingerprint density at radius 3 is 2.38 bits per heavy atom. The topological polar surface area (TPSA) is 99.7 Å². The second-order valence-corrected chi connectivity index (χ2v) is 11.1. The smallest absolute Gasteiger partial charge is 0.418 e. The number of hydrogen-bond acceptors (Lipinski definition) is 7. The number of carbonyl (C=O) groups is 2. The van der Waals surface area contributed by atoms with Gasteiger partial charge in [0.1, 0.15) is 17.9 Å². The van der Waals surface area contributed by atoms with E-state index in [9.17, 15) is 22.8 Å². The Balaban J connectivity index is 1.16. The lowest BCUT2D eigenvalue weighted by atomic mass is 10.0. The maximum atomic E-state index is 14.3. The van der Waals surface area contributed by atoms with E-state index in [2.05, 4.69) is 25.5 Å². The molecule has 1 saturated heterocycles. The molecule has 240 valence electrons. The summed E-state index contributed by atoms with van der Waals surface area (Å²) >= 11 is 0. The predicted molar refractivity (Wildman–Crippen MR) is 174 cm³/mol. The second kappa shape index (κ2) is 13.5. The van der Waals surface area contributed by atoms with Crippen molar-refractivity contribution in [3.8, 4) is 11.6 Å². The van der Waals surface area contributed by atoms with Crippen molar-refractivity contribution in [1.29, 1.82) is 0 Å². The predicted octanol–water partition coefficient (Wildman–Crippen LogP) is 6.97. The lowest BCUT2D eigenvalue weighted by molar-refractivity contribution is -0.137. The molecule has 5 aromatic rings. The first-order valence-electron chi connectivity index (χ1n) is 15.0. The Bertz CT molecular complexity index is 1910. The van der Waals surface area contributed by atoms with Crippen molar-refractivity contribution < 1.29 is 27.5 Å². The molecule has 0 aliphatic carbocycles. The third kappa shape index (κ3) is 7.67. The molecule has 2 amide bonds. The molecule has 1 fully saturated rings. The third-order valence-electron chi connectivity index (χ3n) is 7.79. The van der Waals surface area contributed by atoms with Gasteiger partial charge in [0, 0.05) is 62.7 Å². The number of piperazine rings is 1. The lowest BCUT2D eigenvalue weighted by Crippen LogP contribution is -2.46. The maximum absolute atomic E-state index is 14.3. The molecule has 4 aromatic carbocycles. The van der Waals surface area contributed by atoms with E-state index in [1.54, 1.807) is 41.3 Å². The highest BCUT2D eigenvalue weighted by molar-refractivity contribution is 6.13. The molecule has 47 heavy (non-hydrogen) atoms. The quantitative estimate of drug-likeness (QED) is 0.189. The van der Waals surface area contributed by atoms with E-state index in [-0.39, 0.29) is 34.5 Å². The lowest BCUT2D eigenvalue weighted by Gasteiger charge is -2.37. The average Bonchev–Trinajstić information content (AvgIpc) is 3.05. The van der Waals surface area contributed by atoms with Crippen LogP contribution < -0.4 is 20.3 Å². The second-order valence-electron chi connectivity index (χ2n) is 11.1. The van der Waals surface area contributed by atoms with Crippen LogP contribution >= 0.6 is 0 Å². The van der Waals surface area contributed by atoms with E-state index < -0.39 is 17.6 Å². The summed E-state index contributed by atoms with van der Waals surface area (Å²) in [6, 6.07) is 25.5. The Morgan fingerprint density at radius 2 is 1.64 bits per heavy atom. The van der Waals surface area contributed by atoms with Crippen LogP contribution in [0.25, 0.3) is 10.8 Å². The normalized spacial score (nSPS) is 13.7. The van der Waals surface area contributed by atoms with Crippen LogP contribution in [0.2, 0.25) is 0 Å². The van der Waals surface area contributed by atoms with Crippen molar-refractivity contribution >= 4 is 39.8 Å². The minimum atomic E-state index is -4.61. The zero-order valence-corrected chi connectivity index (χ0v) is 25.4. The van der Waals surface area contributed by atoms with Crippen LogP contribution in [0, 0.1) is 0 Å². The van der Waals surface area contributed by atoms with Crippen LogP contribution in [-0.2, 0) is 17.5 Å². The summed E-state index contributed by atoms with van der Waals surface area (Å²) in [6.45, 7) is 4.29. The highest BCUT2D eigenvalue weighted by atomic mass is 19.4. The van der Waals surface area contributed by atoms with E-state index in [4.69, 9.17) is 4.74 Å². The number of carbonyl (C=O) groups excluding carboxylic acids is 2. The summed E-state index contributed by atoms with van der Waals surface area (Å²) in [7, 11) is 0. The van der Waals surface area contributed by atoms with Crippen LogP contribution in [0.15, 0.2) is 97.3 Å². The molecule has 0 saturated carbocycles. The molecule has 2 heterocycles. The first-order chi connectivity index (χ1) is 22.6. The van der Waals surface area contributed by atoms with Gasteiger partial charge >= 0.3 is 6.18 Å². The monoisotopic (exact) mass is 640 g/mol. The first kappa shape index (κ1) is 31.5. The SMILES string of the molecule is CC(=O)Nc1cc(Oc2ccc3c(C(=O)Nc4ccc(N5CCN(Cc6ccccc6)CC5)c(C(F)(F)F)c4)cccc3c2)ncn1. The number of fused-ring (bicyclic) bond motifs is 1. The van der Waals surface area contributed by atoms with Crippen molar-refractivity contribution in [2.24, 2.45) is 0 Å². The third-order valence-corrected chi connectivity index (χ3v) is 7.79. The van der Waals surface area contributed by atoms with Gasteiger partial charge in [0.05, 0.1) is 5.56 Å². The minimum Gasteiger partial charge on any atom is -0.439 e. The van der Waals surface area contributed by atoms with Crippen LogP contribution in [0.1, 0.15) is 28.4 Å². The van der Waals surface area contributed by atoms with Crippen LogP contribution in [0.5, 0.6) is 11.6 Å². The highest BCUT2D eigenvalue weighted by Gasteiger charge is 2.36. The Kier molecular flexibility index (Phi) is 9.03. The fraction of sp³-hybridized carbons (Fsp3) is 0.200. The molecule has 0 atom stereocenters. The zero-order chi connectivity index (χ0) is 33.0. The van der Waals surface area contributed by atoms with Gasteiger partial charge in [0.15, 0.2) is 0 Å². The number of anilines is 3. The number of nitrogens with one attached hydrogen (secondary N) is 2. The van der Waals surface area contributed by atoms with Gasteiger partial charge in [0.2, 0.25) is 11.8 Å². The summed E-state index contributed by atoms with van der Waals surface area (Å²) in [5.74, 6) is 0.0783. The summed E-state index contributed by atoms with van der Waals surface area (Å²) in [5, 5.41) is 6.47. The molecule has 0 unspecified atom stereocenters. The van der Waals surface area contributed by atoms with Crippen LogP contribution in [0.4, 0.5) is 30.4 Å². The van der Waals surface area contributed by atoms with Gasteiger partial charge in [-0.15, -0.1) is 0 Å². The van der Waals surface area contributed by atoms with E-state index in [1.165, 1.54) is 31.5 Å². The highest BCUT2D eigenvalue weighted by Crippen LogP contribution is 2.39. The average molecular weight is 641 g/mol. The van der Waals surface area contributed by atoms with Crippen molar-refractivity contribution in [3.05, 3.63) is 114 Å². The number of hydrogen-bond donors (Lipinski definition) is 2. The van der Waals surface area contributed by atoms with E-state index in [0.717, 1.165) is 18.2 Å². The molecule has 9 nitrogen and oxygen atoms in total. The molecule has 0 spiro atoms. The summed E-state index contributed by atoms with van der Waals surface area (Å²) in [5.41, 5.74) is 0.802. The minimum absolute atomic E-state index is 0.0458. The Labute approximate surface area is 269 Å². The van der Waals surface area contributed by atoms with Crippen molar-refractivity contribution in [2.45, 2.75) is 19.6 Å². The molecule has 1 aromatic heterocycles. The Morgan fingerprint density at radius 1 is 0.851 bits per heavy atom. The van der Waals surface area contributed by atoms with E-state index in [1.807, 2.05) is 30.3 Å². The summed E-state index contributed by atoms with van der Waals surface area (Å²) in [4.78, 5) is 36.7. The van der Waals surface area contributed by atoms with E-state index in [0.29, 0.717) is 42.7 Å². The number of halogens is 3. The molecule has 2 N–H and O–H groups in total. The van der Waals surface area contributed by atoms with Crippen LogP contribution in [0.3, 0.4) is 0 Å². The van der Waals surface area contributed by atoms with Gasteiger partial charge in [-0.2, -0.15) is 13.2 Å². The zero-order valence-electron chi connectivity index (χ0n) is 25.4. The molecule has 12 heteroatoms. The van der Waals surface area contributed by atoms with Crippen molar-refractivity contribution in [1.82, 2.24) is 14.9 Å². The number of amides is 2.